The number of benzene rings is 1. The minimum Gasteiger partial charge on any atom is -0.497 e. The molecule has 0 spiro atoms. The summed E-state index contributed by atoms with van der Waals surface area (Å²) in [4.78, 5) is 32.3. The van der Waals surface area contributed by atoms with Gasteiger partial charge in [0.15, 0.2) is 0 Å². The van der Waals surface area contributed by atoms with Gasteiger partial charge in [0.25, 0.3) is 0 Å². The molecule has 2 aromatic rings. The Morgan fingerprint density at radius 2 is 1.94 bits per heavy atom. The van der Waals surface area contributed by atoms with Crippen molar-refractivity contribution in [2.24, 2.45) is 9.98 Å². The maximum absolute atomic E-state index is 12.7. The lowest BCUT2D eigenvalue weighted by Gasteiger charge is -2.29. The van der Waals surface area contributed by atoms with Crippen LogP contribution in [-0.4, -0.2) is 71.4 Å². The molecule has 2 unspecified atom stereocenters. The van der Waals surface area contributed by atoms with Crippen molar-refractivity contribution in [1.29, 1.82) is 0 Å². The summed E-state index contributed by atoms with van der Waals surface area (Å²) in [7, 11) is 1.62. The van der Waals surface area contributed by atoms with Gasteiger partial charge in [-0.15, -0.1) is 0 Å². The Kier molecular flexibility index (Phi) is 7.71. The minimum absolute atomic E-state index is 0.00630. The Morgan fingerprint density at radius 1 is 1.19 bits per heavy atom. The first-order chi connectivity index (χ1) is 17.2. The third-order valence-corrected chi connectivity index (χ3v) is 6.01. The molecule has 1 fully saturated rings. The lowest BCUT2D eigenvalue weighted by molar-refractivity contribution is 0.0235. The highest BCUT2D eigenvalue weighted by molar-refractivity contribution is 5.80. The van der Waals surface area contributed by atoms with Crippen molar-refractivity contribution in [1.82, 2.24) is 14.9 Å². The second-order valence-corrected chi connectivity index (χ2v) is 9.90. The fourth-order valence-corrected chi connectivity index (χ4v) is 4.11. The number of carbonyl (C=O) groups is 1. The second kappa shape index (κ2) is 10.9. The fraction of sp³-hybridized carbons (Fsp3) is 0.500. The van der Waals surface area contributed by atoms with Gasteiger partial charge in [0, 0.05) is 19.3 Å². The van der Waals surface area contributed by atoms with E-state index in [1.165, 1.54) is 0 Å². The summed E-state index contributed by atoms with van der Waals surface area (Å²) < 4.78 is 17.0. The number of aromatic nitrogens is 2. The van der Waals surface area contributed by atoms with E-state index in [1.807, 2.05) is 52.0 Å². The van der Waals surface area contributed by atoms with Crippen LogP contribution in [0, 0.1) is 0 Å². The monoisotopic (exact) mass is 494 g/mol. The highest BCUT2D eigenvalue weighted by Crippen LogP contribution is 2.31. The predicted molar refractivity (Wildman–Crippen MR) is 139 cm³/mol. The largest absolute Gasteiger partial charge is 0.497 e. The highest BCUT2D eigenvalue weighted by atomic mass is 16.6. The summed E-state index contributed by atoms with van der Waals surface area (Å²) in [6, 6.07) is 7.25. The van der Waals surface area contributed by atoms with Crippen molar-refractivity contribution >= 4 is 24.3 Å². The van der Waals surface area contributed by atoms with Crippen molar-refractivity contribution in [3.05, 3.63) is 36.3 Å². The summed E-state index contributed by atoms with van der Waals surface area (Å²) >= 11 is 0. The number of likely N-dealkylation sites (tertiary alicyclic amines) is 1. The number of nitrogens with one attached hydrogen (secondary N) is 1. The smallest absolute Gasteiger partial charge is 0.410 e. The zero-order valence-electron chi connectivity index (χ0n) is 21.5. The molecule has 4 rings (SSSR count). The van der Waals surface area contributed by atoms with E-state index >= 15 is 0 Å². The van der Waals surface area contributed by atoms with Crippen molar-refractivity contribution < 1.29 is 19.0 Å². The number of amides is 1. The third-order valence-electron chi connectivity index (χ3n) is 6.01. The van der Waals surface area contributed by atoms with Crippen molar-refractivity contribution in [2.75, 3.05) is 25.5 Å². The first-order valence-corrected chi connectivity index (χ1v) is 12.2. The first-order valence-electron chi connectivity index (χ1n) is 12.2. The van der Waals surface area contributed by atoms with Crippen molar-refractivity contribution in [2.45, 2.75) is 64.1 Å². The van der Waals surface area contributed by atoms with Crippen molar-refractivity contribution in [3.63, 3.8) is 0 Å². The average Bonchev–Trinajstić information content (AvgIpc) is 3.32. The molecule has 0 saturated carbocycles. The second-order valence-electron chi connectivity index (χ2n) is 9.90. The van der Waals surface area contributed by atoms with Gasteiger partial charge >= 0.3 is 6.09 Å². The predicted octanol–water partition coefficient (Wildman–Crippen LogP) is 4.67. The number of methoxy groups -OCH3 is 1. The van der Waals surface area contributed by atoms with Crippen LogP contribution in [0.5, 0.6) is 17.4 Å². The molecule has 1 aromatic carbocycles. The van der Waals surface area contributed by atoms with E-state index in [2.05, 4.69) is 20.3 Å². The molecule has 3 heterocycles. The van der Waals surface area contributed by atoms with E-state index in [1.54, 1.807) is 30.8 Å². The molecule has 1 amide bonds. The summed E-state index contributed by atoms with van der Waals surface area (Å²) in [5.74, 6) is 2.16. The van der Waals surface area contributed by atoms with Crippen LogP contribution < -0.4 is 14.8 Å². The molecular formula is C26H34N6O4. The van der Waals surface area contributed by atoms with Crippen LogP contribution in [0.15, 0.2) is 40.4 Å². The molecule has 2 aliphatic rings. The molecule has 0 aliphatic carbocycles. The molecule has 192 valence electrons. The summed E-state index contributed by atoms with van der Waals surface area (Å²) in [5.41, 5.74) is 0.0964. The Bertz CT molecular complexity index is 1110. The van der Waals surface area contributed by atoms with Crippen LogP contribution >= 0.6 is 0 Å². The topological polar surface area (TPSA) is 111 Å². The van der Waals surface area contributed by atoms with Crippen LogP contribution in [-0.2, 0) is 4.74 Å². The van der Waals surface area contributed by atoms with Crippen LogP contribution in [0.25, 0.3) is 0 Å². The fourth-order valence-electron chi connectivity index (χ4n) is 4.11. The summed E-state index contributed by atoms with van der Waals surface area (Å²) in [5, 5.41) is 3.40. The zero-order chi connectivity index (χ0) is 25.7. The van der Waals surface area contributed by atoms with Gasteiger partial charge in [-0.25, -0.2) is 14.8 Å². The number of anilines is 1. The maximum atomic E-state index is 12.7. The average molecular weight is 495 g/mol. The van der Waals surface area contributed by atoms with Gasteiger partial charge in [-0.2, -0.15) is 4.98 Å². The van der Waals surface area contributed by atoms with E-state index in [4.69, 9.17) is 19.2 Å². The number of hydrogen-bond donors (Lipinski definition) is 1. The maximum Gasteiger partial charge on any atom is 0.410 e. The van der Waals surface area contributed by atoms with Gasteiger partial charge in [0.05, 0.1) is 31.3 Å². The Balaban J connectivity index is 1.54. The molecule has 2 aliphatic heterocycles. The zero-order valence-corrected chi connectivity index (χ0v) is 21.5. The molecule has 0 radical (unpaired) electrons. The first kappa shape index (κ1) is 25.4. The molecule has 1 N–H and O–H groups in total. The molecule has 0 bridgehead atoms. The Hall–Kier alpha value is -3.69. The number of nitrogens with zero attached hydrogens (tertiary/aromatic N) is 5. The van der Waals surface area contributed by atoms with Crippen LogP contribution in [0.3, 0.4) is 0 Å². The molecule has 36 heavy (non-hydrogen) atoms. The molecule has 10 heteroatoms. The van der Waals surface area contributed by atoms with Gasteiger partial charge in [-0.05, 0) is 64.8 Å². The van der Waals surface area contributed by atoms with E-state index in [0.29, 0.717) is 36.2 Å². The van der Waals surface area contributed by atoms with Gasteiger partial charge < -0.3 is 24.4 Å². The van der Waals surface area contributed by atoms with E-state index in [-0.39, 0.29) is 24.1 Å². The van der Waals surface area contributed by atoms with E-state index < -0.39 is 5.60 Å². The van der Waals surface area contributed by atoms with E-state index in [9.17, 15) is 4.79 Å². The highest BCUT2D eigenvalue weighted by Gasteiger charge is 2.32. The summed E-state index contributed by atoms with van der Waals surface area (Å²) in [6.45, 7) is 8.81. The quantitative estimate of drug-likeness (QED) is 0.595. The standard InChI is InChI=1S/C26H34N6O4/c1-17-21(14-27-16-30-17)23-29-15-22(24(31-23)35-20-10-8-19(34-5)9-11-20)28-13-18-7-6-12-32(18)25(33)36-26(2,3)4/h8-11,14-18,21,28H,6-7,12-13H2,1-5H3/t17?,18-,21?/m0/s1. The molecule has 10 nitrogen and oxygen atoms in total. The van der Waals surface area contributed by atoms with Gasteiger partial charge in [-0.3, -0.25) is 4.99 Å². The normalized spacial score (nSPS) is 21.4. The number of ether oxygens (including phenoxy) is 3. The Labute approximate surface area is 211 Å². The number of hydrogen-bond acceptors (Lipinski definition) is 9. The third kappa shape index (κ3) is 6.30. The molecule has 1 saturated heterocycles. The van der Waals surface area contributed by atoms with Crippen molar-refractivity contribution in [3.8, 4) is 17.4 Å². The molecular weight excluding hydrogens is 460 g/mol. The van der Waals surface area contributed by atoms with Crippen LogP contribution in [0.4, 0.5) is 10.5 Å². The van der Waals surface area contributed by atoms with Crippen LogP contribution in [0.2, 0.25) is 0 Å². The lowest BCUT2D eigenvalue weighted by Crippen LogP contribution is -2.42. The number of carbonyl (C=O) groups excluding carboxylic acids is 1. The van der Waals surface area contributed by atoms with Crippen LogP contribution in [0.1, 0.15) is 52.3 Å². The molecule has 1 aromatic heterocycles. The lowest BCUT2D eigenvalue weighted by atomic mass is 10.0. The van der Waals surface area contributed by atoms with Gasteiger partial charge in [-0.1, -0.05) is 0 Å². The van der Waals surface area contributed by atoms with Gasteiger partial charge in [0.2, 0.25) is 5.88 Å². The summed E-state index contributed by atoms with van der Waals surface area (Å²) in [6.07, 6.45) is 6.58. The van der Waals surface area contributed by atoms with Gasteiger partial charge in [0.1, 0.15) is 35.0 Å². The number of rotatable bonds is 7. The Morgan fingerprint density at radius 3 is 2.64 bits per heavy atom. The number of aliphatic imine (C=N–C) groups is 2. The van der Waals surface area contributed by atoms with E-state index in [0.717, 1.165) is 18.6 Å². The SMILES string of the molecule is COc1ccc(Oc2nc(C3C=NC=NC3C)ncc2NC[C@@H]2CCCN2C(=O)OC(C)(C)C)cc1. The molecule has 3 atom stereocenters. The minimum atomic E-state index is -0.537.